The number of fused-ring (bicyclic) bond motifs is 1. The first kappa shape index (κ1) is 23.7. The van der Waals surface area contributed by atoms with Gasteiger partial charge in [0.2, 0.25) is 0 Å². The van der Waals surface area contributed by atoms with E-state index in [0.29, 0.717) is 28.6 Å². The zero-order chi connectivity index (χ0) is 25.4. The Labute approximate surface area is 212 Å². The van der Waals surface area contributed by atoms with Crippen molar-refractivity contribution in [2.24, 2.45) is 0 Å². The lowest BCUT2D eigenvalue weighted by Gasteiger charge is -2.22. The minimum Gasteiger partial charge on any atom is -0.507 e. The number of aromatic nitrogens is 2. The third-order valence-corrected chi connectivity index (χ3v) is 7.07. The number of ketones is 1. The standard InChI is InChI=1S/C28H25N3O4S/c1-4-12-35-20-9-7-18(8-10-20)25(32)22-24(19-6-5-11-29-15-19)31(27(34)26(22)33)28-30-23-17(3)13-16(2)14-21(23)36-28/h5-11,13-15,24,32H,4,12H2,1-3H3/b25-22+. The molecule has 0 saturated carbocycles. The summed E-state index contributed by atoms with van der Waals surface area (Å²) in [5, 5.41) is 11.7. The number of hydrogen-bond donors (Lipinski definition) is 1. The van der Waals surface area contributed by atoms with E-state index in [0.717, 1.165) is 27.8 Å². The van der Waals surface area contributed by atoms with Crippen LogP contribution in [0.4, 0.5) is 5.13 Å². The number of nitrogens with zero attached hydrogens (tertiary/aromatic N) is 3. The molecule has 5 rings (SSSR count). The van der Waals surface area contributed by atoms with E-state index >= 15 is 0 Å². The second-order valence-electron chi connectivity index (χ2n) is 8.75. The molecule has 0 aliphatic carbocycles. The highest BCUT2D eigenvalue weighted by molar-refractivity contribution is 7.22. The van der Waals surface area contributed by atoms with E-state index in [-0.39, 0.29) is 11.3 Å². The molecule has 4 aromatic rings. The smallest absolute Gasteiger partial charge is 0.301 e. The molecule has 1 amide bonds. The summed E-state index contributed by atoms with van der Waals surface area (Å²) >= 11 is 1.35. The van der Waals surface area contributed by atoms with E-state index in [4.69, 9.17) is 9.72 Å². The molecule has 7 nitrogen and oxygen atoms in total. The summed E-state index contributed by atoms with van der Waals surface area (Å²) in [6.45, 7) is 6.58. The normalized spacial score (nSPS) is 17.2. The average molecular weight is 500 g/mol. The number of anilines is 1. The van der Waals surface area contributed by atoms with Gasteiger partial charge in [-0.15, -0.1) is 0 Å². The topological polar surface area (TPSA) is 92.6 Å². The Morgan fingerprint density at radius 1 is 1.14 bits per heavy atom. The number of carbonyl (C=O) groups is 2. The van der Waals surface area contributed by atoms with Crippen molar-refractivity contribution in [1.29, 1.82) is 0 Å². The molecule has 2 aromatic carbocycles. The van der Waals surface area contributed by atoms with Gasteiger partial charge >= 0.3 is 5.91 Å². The summed E-state index contributed by atoms with van der Waals surface area (Å²) in [5.41, 5.74) is 3.90. The van der Waals surface area contributed by atoms with Crippen LogP contribution < -0.4 is 9.64 Å². The van der Waals surface area contributed by atoms with Crippen molar-refractivity contribution in [3.8, 4) is 5.75 Å². The van der Waals surface area contributed by atoms with Gasteiger partial charge in [0.15, 0.2) is 5.13 Å². The van der Waals surface area contributed by atoms with Gasteiger partial charge in [-0.2, -0.15) is 0 Å². The van der Waals surface area contributed by atoms with Gasteiger partial charge in [-0.05, 0) is 73.4 Å². The molecular formula is C28H25N3O4S. The molecule has 0 spiro atoms. The molecule has 1 N–H and O–H groups in total. The first-order valence-electron chi connectivity index (χ1n) is 11.7. The van der Waals surface area contributed by atoms with Crippen LogP contribution >= 0.6 is 11.3 Å². The molecule has 1 atom stereocenters. The number of rotatable bonds is 6. The highest BCUT2D eigenvalue weighted by atomic mass is 32.1. The van der Waals surface area contributed by atoms with Crippen LogP contribution in [-0.2, 0) is 9.59 Å². The third kappa shape index (κ3) is 4.13. The molecule has 2 aromatic heterocycles. The lowest BCUT2D eigenvalue weighted by atomic mass is 9.96. The molecule has 1 saturated heterocycles. The Morgan fingerprint density at radius 3 is 2.61 bits per heavy atom. The van der Waals surface area contributed by atoms with Crippen LogP contribution in [0, 0.1) is 13.8 Å². The Bertz CT molecular complexity index is 1490. The van der Waals surface area contributed by atoms with E-state index in [1.807, 2.05) is 32.9 Å². The van der Waals surface area contributed by atoms with Crippen molar-refractivity contribution in [3.63, 3.8) is 0 Å². The molecule has 3 heterocycles. The molecule has 0 radical (unpaired) electrons. The van der Waals surface area contributed by atoms with Crippen molar-refractivity contribution >= 4 is 44.1 Å². The van der Waals surface area contributed by atoms with Gasteiger partial charge in [-0.1, -0.05) is 30.4 Å². The van der Waals surface area contributed by atoms with Crippen molar-refractivity contribution in [2.75, 3.05) is 11.5 Å². The summed E-state index contributed by atoms with van der Waals surface area (Å²) in [6.07, 6.45) is 4.09. The summed E-state index contributed by atoms with van der Waals surface area (Å²) in [6, 6.07) is 13.5. The highest BCUT2D eigenvalue weighted by Crippen LogP contribution is 2.44. The van der Waals surface area contributed by atoms with E-state index < -0.39 is 17.7 Å². The number of amides is 1. The second-order valence-corrected chi connectivity index (χ2v) is 9.76. The predicted octanol–water partition coefficient (Wildman–Crippen LogP) is 5.72. The Hall–Kier alpha value is -4.04. The molecule has 1 aliphatic heterocycles. The molecule has 1 aliphatic rings. The number of thiazole rings is 1. The number of aryl methyl sites for hydroxylation is 2. The van der Waals surface area contributed by atoms with Gasteiger partial charge in [-0.25, -0.2) is 4.98 Å². The largest absolute Gasteiger partial charge is 0.507 e. The molecule has 1 unspecified atom stereocenters. The minimum atomic E-state index is -0.864. The van der Waals surface area contributed by atoms with E-state index in [1.165, 1.54) is 16.2 Å². The van der Waals surface area contributed by atoms with Gasteiger partial charge < -0.3 is 9.84 Å². The lowest BCUT2D eigenvalue weighted by Crippen LogP contribution is -2.29. The Kier molecular flexibility index (Phi) is 6.28. The van der Waals surface area contributed by atoms with Crippen LogP contribution in [0.2, 0.25) is 0 Å². The second kappa shape index (κ2) is 9.54. The van der Waals surface area contributed by atoms with Crippen molar-refractivity contribution in [1.82, 2.24) is 9.97 Å². The lowest BCUT2D eigenvalue weighted by molar-refractivity contribution is -0.132. The van der Waals surface area contributed by atoms with Crippen molar-refractivity contribution in [3.05, 3.63) is 88.8 Å². The third-order valence-electron chi connectivity index (χ3n) is 6.07. The first-order chi connectivity index (χ1) is 17.4. The number of ether oxygens (including phenoxy) is 1. The van der Waals surface area contributed by atoms with Crippen LogP contribution in [0.1, 0.15) is 41.6 Å². The highest BCUT2D eigenvalue weighted by Gasteiger charge is 2.48. The quantitative estimate of drug-likeness (QED) is 0.207. The van der Waals surface area contributed by atoms with Crippen LogP contribution in [0.3, 0.4) is 0 Å². The summed E-state index contributed by atoms with van der Waals surface area (Å²) in [4.78, 5) is 37.1. The summed E-state index contributed by atoms with van der Waals surface area (Å²) < 4.78 is 6.55. The number of aliphatic hydroxyl groups is 1. The van der Waals surface area contributed by atoms with E-state index in [9.17, 15) is 14.7 Å². The SMILES string of the molecule is CCCOc1ccc(/C(O)=C2\C(=O)C(=O)N(c3nc4c(C)cc(C)cc4s3)C2c2cccnc2)cc1. The van der Waals surface area contributed by atoms with Gasteiger partial charge in [0.25, 0.3) is 5.78 Å². The summed E-state index contributed by atoms with van der Waals surface area (Å²) in [7, 11) is 0. The fourth-order valence-electron chi connectivity index (χ4n) is 4.43. The number of benzene rings is 2. The maximum atomic E-state index is 13.4. The number of Topliss-reactive ketones (excluding diaryl/α,β-unsaturated/α-hetero) is 1. The van der Waals surface area contributed by atoms with Crippen molar-refractivity contribution in [2.45, 2.75) is 33.2 Å². The van der Waals surface area contributed by atoms with E-state index in [1.54, 1.807) is 48.8 Å². The van der Waals surface area contributed by atoms with E-state index in [2.05, 4.69) is 4.98 Å². The van der Waals surface area contributed by atoms with Crippen LogP contribution in [0.5, 0.6) is 5.75 Å². The van der Waals surface area contributed by atoms with Crippen LogP contribution in [0.15, 0.2) is 66.5 Å². The van der Waals surface area contributed by atoms with Gasteiger partial charge in [0.05, 0.1) is 28.4 Å². The molecule has 0 bridgehead atoms. The Morgan fingerprint density at radius 2 is 1.92 bits per heavy atom. The Balaban J connectivity index is 1.65. The van der Waals surface area contributed by atoms with Crippen LogP contribution in [0.25, 0.3) is 16.0 Å². The number of hydrogen-bond acceptors (Lipinski definition) is 7. The maximum Gasteiger partial charge on any atom is 0.301 e. The molecule has 36 heavy (non-hydrogen) atoms. The monoisotopic (exact) mass is 499 g/mol. The van der Waals surface area contributed by atoms with Gasteiger partial charge in [-0.3, -0.25) is 19.5 Å². The molecule has 8 heteroatoms. The number of aliphatic hydroxyl groups excluding tert-OH is 1. The first-order valence-corrected chi connectivity index (χ1v) is 12.5. The average Bonchev–Trinajstić information content (AvgIpc) is 3.42. The molecular weight excluding hydrogens is 474 g/mol. The fraction of sp³-hybridized carbons (Fsp3) is 0.214. The molecule has 182 valence electrons. The predicted molar refractivity (Wildman–Crippen MR) is 140 cm³/mol. The number of pyridine rings is 1. The van der Waals surface area contributed by atoms with Crippen molar-refractivity contribution < 1.29 is 19.4 Å². The zero-order valence-corrected chi connectivity index (χ0v) is 21.0. The van der Waals surface area contributed by atoms with Gasteiger partial charge in [0.1, 0.15) is 11.5 Å². The minimum absolute atomic E-state index is 0.00221. The number of carbonyl (C=O) groups excluding carboxylic acids is 2. The van der Waals surface area contributed by atoms with Crippen LogP contribution in [-0.4, -0.2) is 33.4 Å². The van der Waals surface area contributed by atoms with Gasteiger partial charge in [0, 0.05) is 18.0 Å². The molecule has 1 fully saturated rings. The maximum absolute atomic E-state index is 13.4. The fourth-order valence-corrected chi connectivity index (χ4v) is 5.60. The summed E-state index contributed by atoms with van der Waals surface area (Å²) in [5.74, 6) is -1.08. The zero-order valence-electron chi connectivity index (χ0n) is 20.2.